The molecule has 0 amide bonds. The van der Waals surface area contributed by atoms with Crippen molar-refractivity contribution < 1.29 is 5.11 Å². The van der Waals surface area contributed by atoms with E-state index >= 15 is 0 Å². The van der Waals surface area contributed by atoms with Crippen LogP contribution < -0.4 is 0 Å². The quantitative estimate of drug-likeness (QED) is 0.560. The Labute approximate surface area is 56.5 Å². The van der Waals surface area contributed by atoms with Gasteiger partial charge in [-0.3, -0.25) is 0 Å². The highest BCUT2D eigenvalue weighted by molar-refractivity contribution is 7.81. The summed E-state index contributed by atoms with van der Waals surface area (Å²) in [7, 11) is 0. The normalized spacial score (nSPS) is 18.0. The minimum absolute atomic E-state index is 0.158. The first-order chi connectivity index (χ1) is 3.62. The Balaban J connectivity index is 3.37. The second kappa shape index (κ2) is 3.36. The smallest absolute Gasteiger partial charge is 0.0573 e. The topological polar surface area (TPSA) is 20.2 Å². The molecule has 0 aromatic heterocycles. The van der Waals surface area contributed by atoms with E-state index in [2.05, 4.69) is 19.6 Å². The lowest BCUT2D eigenvalue weighted by molar-refractivity contribution is 0.250. The SMILES string of the molecule is CCC[C@@](C)(S)CO. The van der Waals surface area contributed by atoms with Gasteiger partial charge >= 0.3 is 0 Å². The molecule has 0 saturated heterocycles. The van der Waals surface area contributed by atoms with E-state index in [0.29, 0.717) is 0 Å². The summed E-state index contributed by atoms with van der Waals surface area (Å²) in [6.45, 7) is 4.20. The molecule has 0 unspecified atom stereocenters. The number of rotatable bonds is 3. The molecular weight excluding hydrogens is 120 g/mol. The molecule has 0 fully saturated rings. The van der Waals surface area contributed by atoms with Gasteiger partial charge in [0.1, 0.15) is 0 Å². The molecule has 1 nitrogen and oxygen atoms in total. The molecule has 0 rings (SSSR count). The van der Waals surface area contributed by atoms with Gasteiger partial charge in [0.15, 0.2) is 0 Å². The Bertz CT molecular complexity index is 61.5. The molecule has 0 saturated carbocycles. The van der Waals surface area contributed by atoms with Gasteiger partial charge in [0.05, 0.1) is 6.61 Å². The van der Waals surface area contributed by atoms with Crippen molar-refractivity contribution in [3.63, 3.8) is 0 Å². The fourth-order valence-corrected chi connectivity index (χ4v) is 0.841. The molecule has 2 heteroatoms. The van der Waals surface area contributed by atoms with Crippen LogP contribution in [-0.4, -0.2) is 16.5 Å². The second-order valence-corrected chi connectivity index (χ2v) is 3.48. The second-order valence-electron chi connectivity index (χ2n) is 2.41. The zero-order chi connectivity index (χ0) is 6.62. The van der Waals surface area contributed by atoms with Crippen molar-refractivity contribution in [1.29, 1.82) is 0 Å². The summed E-state index contributed by atoms with van der Waals surface area (Å²) in [5.41, 5.74) is 0. The van der Waals surface area contributed by atoms with E-state index in [1.54, 1.807) is 0 Å². The Hall–Kier alpha value is 0.310. The van der Waals surface area contributed by atoms with Gasteiger partial charge in [-0.15, -0.1) is 0 Å². The summed E-state index contributed by atoms with van der Waals surface area (Å²) >= 11 is 4.22. The average molecular weight is 134 g/mol. The van der Waals surface area contributed by atoms with E-state index in [1.165, 1.54) is 0 Å². The minimum atomic E-state index is -0.158. The van der Waals surface area contributed by atoms with Gasteiger partial charge in [0.25, 0.3) is 0 Å². The van der Waals surface area contributed by atoms with Crippen molar-refractivity contribution in [2.24, 2.45) is 0 Å². The van der Waals surface area contributed by atoms with Crippen LogP contribution in [0.4, 0.5) is 0 Å². The minimum Gasteiger partial charge on any atom is -0.395 e. The largest absolute Gasteiger partial charge is 0.395 e. The summed E-state index contributed by atoms with van der Waals surface area (Å²) in [5, 5.41) is 8.65. The van der Waals surface area contributed by atoms with Gasteiger partial charge < -0.3 is 5.11 Å². The summed E-state index contributed by atoms with van der Waals surface area (Å²) in [6, 6.07) is 0. The van der Waals surface area contributed by atoms with Gasteiger partial charge in [-0.05, 0) is 13.3 Å². The predicted octanol–water partition coefficient (Wildman–Crippen LogP) is 1.47. The lowest BCUT2D eigenvalue weighted by atomic mass is 10.1. The lowest BCUT2D eigenvalue weighted by Crippen LogP contribution is -2.20. The molecular formula is C6H14OS. The average Bonchev–Trinajstić information content (AvgIpc) is 1.67. The molecule has 0 aliphatic rings. The van der Waals surface area contributed by atoms with Gasteiger partial charge in [0, 0.05) is 4.75 Å². The Morgan fingerprint density at radius 1 is 1.62 bits per heavy atom. The molecule has 1 N–H and O–H groups in total. The van der Waals surface area contributed by atoms with Crippen LogP contribution in [0.3, 0.4) is 0 Å². The van der Waals surface area contributed by atoms with Gasteiger partial charge in [-0.25, -0.2) is 0 Å². The van der Waals surface area contributed by atoms with E-state index < -0.39 is 0 Å². The molecule has 8 heavy (non-hydrogen) atoms. The van der Waals surface area contributed by atoms with Crippen LogP contribution in [0.5, 0.6) is 0 Å². The molecule has 0 spiro atoms. The molecule has 0 heterocycles. The van der Waals surface area contributed by atoms with Crippen molar-refractivity contribution in [1.82, 2.24) is 0 Å². The standard InChI is InChI=1S/C6H14OS/c1-3-4-6(2,8)5-7/h7-8H,3-5H2,1-2H3/t6-/m1/s1. The molecule has 1 atom stereocenters. The Morgan fingerprint density at radius 2 is 2.12 bits per heavy atom. The molecule has 0 aliphatic heterocycles. The monoisotopic (exact) mass is 134 g/mol. The van der Waals surface area contributed by atoms with Crippen LogP contribution >= 0.6 is 12.6 Å². The van der Waals surface area contributed by atoms with E-state index in [-0.39, 0.29) is 11.4 Å². The maximum absolute atomic E-state index is 8.65. The highest BCUT2D eigenvalue weighted by Gasteiger charge is 2.14. The summed E-state index contributed by atoms with van der Waals surface area (Å²) in [4.78, 5) is 0. The summed E-state index contributed by atoms with van der Waals surface area (Å²) in [5.74, 6) is 0. The van der Waals surface area contributed by atoms with Crippen LogP contribution in [0.1, 0.15) is 26.7 Å². The van der Waals surface area contributed by atoms with Crippen LogP contribution in [0.15, 0.2) is 0 Å². The Kier molecular flexibility index (Phi) is 3.49. The molecule has 0 bridgehead atoms. The van der Waals surface area contributed by atoms with E-state index in [1.807, 2.05) is 6.92 Å². The third-order valence-electron chi connectivity index (χ3n) is 1.13. The van der Waals surface area contributed by atoms with Gasteiger partial charge in [-0.2, -0.15) is 12.6 Å². The van der Waals surface area contributed by atoms with Crippen molar-refractivity contribution in [3.8, 4) is 0 Å². The molecule has 0 aromatic carbocycles. The summed E-state index contributed by atoms with van der Waals surface area (Å²) in [6.07, 6.45) is 2.06. The van der Waals surface area contributed by atoms with Crippen LogP contribution in [0.25, 0.3) is 0 Å². The fourth-order valence-electron chi connectivity index (χ4n) is 0.618. The zero-order valence-electron chi connectivity index (χ0n) is 5.52. The predicted molar refractivity (Wildman–Crippen MR) is 39.4 cm³/mol. The number of aliphatic hydroxyl groups excluding tert-OH is 1. The first-order valence-electron chi connectivity index (χ1n) is 2.95. The molecule has 0 aliphatic carbocycles. The van der Waals surface area contributed by atoms with Crippen LogP contribution in [0.2, 0.25) is 0 Å². The Morgan fingerprint density at radius 3 is 2.25 bits per heavy atom. The lowest BCUT2D eigenvalue weighted by Gasteiger charge is -2.18. The number of hydrogen-bond acceptors (Lipinski definition) is 2. The third kappa shape index (κ3) is 3.33. The maximum Gasteiger partial charge on any atom is 0.0573 e. The van der Waals surface area contributed by atoms with E-state index in [0.717, 1.165) is 12.8 Å². The van der Waals surface area contributed by atoms with Crippen LogP contribution in [-0.2, 0) is 0 Å². The fraction of sp³-hybridized carbons (Fsp3) is 1.00. The molecule has 0 aromatic rings. The van der Waals surface area contributed by atoms with Crippen LogP contribution in [0, 0.1) is 0 Å². The van der Waals surface area contributed by atoms with Crippen molar-refractivity contribution in [2.45, 2.75) is 31.4 Å². The third-order valence-corrected chi connectivity index (χ3v) is 1.49. The van der Waals surface area contributed by atoms with Crippen molar-refractivity contribution in [3.05, 3.63) is 0 Å². The number of hydrogen-bond donors (Lipinski definition) is 2. The molecule has 0 radical (unpaired) electrons. The van der Waals surface area contributed by atoms with Gasteiger partial charge in [-0.1, -0.05) is 13.3 Å². The van der Waals surface area contributed by atoms with Crippen molar-refractivity contribution in [2.75, 3.05) is 6.61 Å². The maximum atomic E-state index is 8.65. The van der Waals surface area contributed by atoms with E-state index in [4.69, 9.17) is 5.11 Å². The number of thiol groups is 1. The number of aliphatic hydroxyl groups is 1. The highest BCUT2D eigenvalue weighted by Crippen LogP contribution is 2.18. The first-order valence-corrected chi connectivity index (χ1v) is 3.40. The van der Waals surface area contributed by atoms with Gasteiger partial charge in [0.2, 0.25) is 0 Å². The first kappa shape index (κ1) is 8.31. The molecule has 50 valence electrons. The zero-order valence-corrected chi connectivity index (χ0v) is 6.41. The van der Waals surface area contributed by atoms with E-state index in [9.17, 15) is 0 Å². The highest BCUT2D eigenvalue weighted by atomic mass is 32.1. The summed E-state index contributed by atoms with van der Waals surface area (Å²) < 4.78 is -0.158. The van der Waals surface area contributed by atoms with Crippen molar-refractivity contribution >= 4 is 12.6 Å².